The maximum absolute atomic E-state index is 12.3. The first-order valence-corrected chi connectivity index (χ1v) is 7.88. The molecule has 2 rings (SSSR count). The van der Waals surface area contributed by atoms with Gasteiger partial charge in [0, 0.05) is 30.8 Å². The SMILES string of the molecule is CCN(CCO)C(=O)Nc1cc(-c2ccccc2)nn1C(C)C. The molecular weight excluding hydrogens is 292 g/mol. The number of carbonyl (C=O) groups is 1. The third-order valence-electron chi connectivity index (χ3n) is 3.57. The van der Waals surface area contributed by atoms with Gasteiger partial charge >= 0.3 is 6.03 Å². The highest BCUT2D eigenvalue weighted by Gasteiger charge is 2.17. The van der Waals surface area contributed by atoms with Gasteiger partial charge in [0.05, 0.1) is 12.3 Å². The van der Waals surface area contributed by atoms with Crippen LogP contribution in [0.15, 0.2) is 36.4 Å². The second kappa shape index (κ2) is 7.78. The van der Waals surface area contributed by atoms with Crippen LogP contribution in [0, 0.1) is 0 Å². The van der Waals surface area contributed by atoms with Gasteiger partial charge in [-0.1, -0.05) is 30.3 Å². The zero-order valence-corrected chi connectivity index (χ0v) is 13.9. The molecule has 23 heavy (non-hydrogen) atoms. The van der Waals surface area contributed by atoms with Gasteiger partial charge in [-0.05, 0) is 20.8 Å². The van der Waals surface area contributed by atoms with Crippen LogP contribution in [0.25, 0.3) is 11.3 Å². The second-order valence-electron chi connectivity index (χ2n) is 5.55. The van der Waals surface area contributed by atoms with E-state index in [4.69, 9.17) is 5.11 Å². The van der Waals surface area contributed by atoms with E-state index in [1.807, 2.05) is 57.2 Å². The van der Waals surface area contributed by atoms with Gasteiger partial charge in [-0.2, -0.15) is 5.10 Å². The lowest BCUT2D eigenvalue weighted by molar-refractivity contribution is 0.191. The smallest absolute Gasteiger partial charge is 0.323 e. The predicted octanol–water partition coefficient (Wildman–Crippen LogP) is 2.98. The molecule has 1 heterocycles. The Morgan fingerprint density at radius 2 is 2.04 bits per heavy atom. The normalized spacial score (nSPS) is 10.8. The first kappa shape index (κ1) is 17.0. The number of urea groups is 1. The molecule has 0 spiro atoms. The van der Waals surface area contributed by atoms with Gasteiger partial charge in [0.25, 0.3) is 0 Å². The van der Waals surface area contributed by atoms with Crippen LogP contribution >= 0.6 is 0 Å². The van der Waals surface area contributed by atoms with Gasteiger partial charge in [0.2, 0.25) is 0 Å². The number of amides is 2. The van der Waals surface area contributed by atoms with Crippen LogP contribution in [-0.2, 0) is 0 Å². The zero-order chi connectivity index (χ0) is 16.8. The monoisotopic (exact) mass is 316 g/mol. The van der Waals surface area contributed by atoms with E-state index in [0.29, 0.717) is 18.9 Å². The number of rotatable bonds is 6. The van der Waals surface area contributed by atoms with Crippen LogP contribution in [-0.4, -0.2) is 45.5 Å². The van der Waals surface area contributed by atoms with Crippen molar-refractivity contribution in [1.82, 2.24) is 14.7 Å². The van der Waals surface area contributed by atoms with Crippen LogP contribution in [0.5, 0.6) is 0 Å². The van der Waals surface area contributed by atoms with Gasteiger partial charge in [-0.15, -0.1) is 0 Å². The van der Waals surface area contributed by atoms with Crippen molar-refractivity contribution in [1.29, 1.82) is 0 Å². The molecule has 0 aliphatic rings. The van der Waals surface area contributed by atoms with Crippen LogP contribution in [0.1, 0.15) is 26.8 Å². The molecule has 124 valence electrons. The first-order valence-electron chi connectivity index (χ1n) is 7.88. The number of hydrogen-bond acceptors (Lipinski definition) is 3. The Bertz CT molecular complexity index is 637. The molecule has 1 aromatic carbocycles. The number of carbonyl (C=O) groups excluding carboxylic acids is 1. The molecule has 0 unspecified atom stereocenters. The van der Waals surface area contributed by atoms with E-state index in [2.05, 4.69) is 10.4 Å². The first-order chi connectivity index (χ1) is 11.1. The van der Waals surface area contributed by atoms with Gasteiger partial charge in [-0.25, -0.2) is 9.48 Å². The molecular formula is C17H24N4O2. The summed E-state index contributed by atoms with van der Waals surface area (Å²) in [7, 11) is 0. The summed E-state index contributed by atoms with van der Waals surface area (Å²) in [5.41, 5.74) is 1.82. The summed E-state index contributed by atoms with van der Waals surface area (Å²) in [5.74, 6) is 0.653. The average molecular weight is 316 g/mol. The van der Waals surface area contributed by atoms with Crippen molar-refractivity contribution in [3.05, 3.63) is 36.4 Å². The summed E-state index contributed by atoms with van der Waals surface area (Å²) in [5, 5.41) is 16.5. The highest BCUT2D eigenvalue weighted by molar-refractivity contribution is 5.89. The van der Waals surface area contributed by atoms with Crippen molar-refractivity contribution in [2.24, 2.45) is 0 Å². The van der Waals surface area contributed by atoms with Crippen LogP contribution in [0.4, 0.5) is 10.6 Å². The van der Waals surface area contributed by atoms with Gasteiger partial charge in [-0.3, -0.25) is 5.32 Å². The summed E-state index contributed by atoms with van der Waals surface area (Å²) < 4.78 is 1.80. The number of aliphatic hydroxyl groups excluding tert-OH is 1. The molecule has 2 N–H and O–H groups in total. The maximum Gasteiger partial charge on any atom is 0.323 e. The van der Waals surface area contributed by atoms with Crippen LogP contribution in [0.3, 0.4) is 0 Å². The zero-order valence-electron chi connectivity index (χ0n) is 13.9. The van der Waals surface area contributed by atoms with Gasteiger partial charge in [0.15, 0.2) is 0 Å². The fraction of sp³-hybridized carbons (Fsp3) is 0.412. The highest BCUT2D eigenvalue weighted by Crippen LogP contribution is 2.24. The number of benzene rings is 1. The molecule has 0 fully saturated rings. The molecule has 0 bridgehead atoms. The topological polar surface area (TPSA) is 70.4 Å². The van der Waals surface area contributed by atoms with Crippen molar-refractivity contribution in [2.45, 2.75) is 26.8 Å². The molecule has 6 nitrogen and oxygen atoms in total. The lowest BCUT2D eigenvalue weighted by Gasteiger charge is -2.21. The summed E-state index contributed by atoms with van der Waals surface area (Å²) >= 11 is 0. The van der Waals surface area contributed by atoms with E-state index in [-0.39, 0.29) is 18.7 Å². The summed E-state index contributed by atoms with van der Waals surface area (Å²) in [6.45, 7) is 6.70. The number of aromatic nitrogens is 2. The number of anilines is 1. The molecule has 0 aliphatic carbocycles. The van der Waals surface area contributed by atoms with Crippen molar-refractivity contribution >= 4 is 11.8 Å². The van der Waals surface area contributed by atoms with Crippen molar-refractivity contribution < 1.29 is 9.90 Å². The standard InChI is InChI=1S/C17H24N4O2/c1-4-20(10-11-22)17(23)18-16-12-15(19-21(16)13(2)3)14-8-6-5-7-9-14/h5-9,12-13,22H,4,10-11H2,1-3H3,(H,18,23). The Hall–Kier alpha value is -2.34. The van der Waals surface area contributed by atoms with E-state index in [0.717, 1.165) is 11.3 Å². The second-order valence-corrected chi connectivity index (χ2v) is 5.55. The van der Waals surface area contributed by atoms with Crippen molar-refractivity contribution in [3.8, 4) is 11.3 Å². The molecule has 1 aromatic heterocycles. The number of hydrogen-bond donors (Lipinski definition) is 2. The van der Waals surface area contributed by atoms with Crippen LogP contribution < -0.4 is 5.32 Å². The Morgan fingerprint density at radius 1 is 1.35 bits per heavy atom. The molecule has 2 amide bonds. The van der Waals surface area contributed by atoms with Crippen molar-refractivity contribution in [3.63, 3.8) is 0 Å². The molecule has 2 aromatic rings. The van der Waals surface area contributed by atoms with E-state index in [1.54, 1.807) is 9.58 Å². The van der Waals surface area contributed by atoms with E-state index in [9.17, 15) is 4.79 Å². The fourth-order valence-electron chi connectivity index (χ4n) is 2.34. The number of nitrogens with zero attached hydrogens (tertiary/aromatic N) is 3. The summed E-state index contributed by atoms with van der Waals surface area (Å²) in [6, 6.07) is 11.6. The molecule has 0 aliphatic heterocycles. The summed E-state index contributed by atoms with van der Waals surface area (Å²) in [4.78, 5) is 13.9. The van der Waals surface area contributed by atoms with Gasteiger partial charge < -0.3 is 10.0 Å². The number of nitrogens with one attached hydrogen (secondary N) is 1. The molecule has 0 radical (unpaired) electrons. The highest BCUT2D eigenvalue weighted by atomic mass is 16.3. The minimum Gasteiger partial charge on any atom is -0.395 e. The fourth-order valence-corrected chi connectivity index (χ4v) is 2.34. The lowest BCUT2D eigenvalue weighted by atomic mass is 10.2. The molecule has 0 saturated heterocycles. The lowest BCUT2D eigenvalue weighted by Crippen LogP contribution is -2.37. The Kier molecular flexibility index (Phi) is 5.76. The number of likely N-dealkylation sites (N-methyl/N-ethyl adjacent to an activating group) is 1. The Labute approximate surface area is 136 Å². The van der Waals surface area contributed by atoms with E-state index in [1.165, 1.54) is 0 Å². The van der Waals surface area contributed by atoms with Crippen molar-refractivity contribution in [2.75, 3.05) is 25.0 Å². The third kappa shape index (κ3) is 4.10. The average Bonchev–Trinajstić information content (AvgIpc) is 2.97. The molecule has 6 heteroatoms. The third-order valence-corrected chi connectivity index (χ3v) is 3.57. The minimum absolute atomic E-state index is 0.0556. The molecule has 0 atom stereocenters. The Balaban J connectivity index is 2.27. The molecule has 0 saturated carbocycles. The quantitative estimate of drug-likeness (QED) is 0.860. The number of aliphatic hydroxyl groups is 1. The maximum atomic E-state index is 12.3. The predicted molar refractivity (Wildman–Crippen MR) is 91.4 cm³/mol. The summed E-state index contributed by atoms with van der Waals surface area (Å²) in [6.07, 6.45) is 0. The largest absolute Gasteiger partial charge is 0.395 e. The van der Waals surface area contributed by atoms with Crippen LogP contribution in [0.2, 0.25) is 0 Å². The van der Waals surface area contributed by atoms with E-state index < -0.39 is 0 Å². The van der Waals surface area contributed by atoms with E-state index >= 15 is 0 Å². The van der Waals surface area contributed by atoms with Gasteiger partial charge in [0.1, 0.15) is 5.82 Å². The Morgan fingerprint density at radius 3 is 2.61 bits per heavy atom. The minimum atomic E-state index is -0.233.